The summed E-state index contributed by atoms with van der Waals surface area (Å²) in [6.07, 6.45) is 2.98. The highest BCUT2D eigenvalue weighted by Gasteiger charge is 2.03. The van der Waals surface area contributed by atoms with E-state index in [0.29, 0.717) is 6.61 Å². The van der Waals surface area contributed by atoms with Gasteiger partial charge in [0.05, 0.1) is 12.7 Å². The number of aromatic nitrogens is 1. The molecule has 74 valence electrons. The molecular weight excluding hydrogens is 176 g/mol. The van der Waals surface area contributed by atoms with Crippen LogP contribution >= 0.6 is 0 Å². The monoisotopic (exact) mass is 190 g/mol. The second kappa shape index (κ2) is 6.11. The lowest BCUT2D eigenvalue weighted by Gasteiger charge is -2.07. The number of hydrogen-bond acceptors (Lipinski definition) is 3. The van der Waals surface area contributed by atoms with Crippen LogP contribution in [0.25, 0.3) is 0 Å². The van der Waals surface area contributed by atoms with E-state index in [1.165, 1.54) is 0 Å². The van der Waals surface area contributed by atoms with Crippen LogP contribution in [0.2, 0.25) is 0 Å². The largest absolute Gasteiger partial charge is 0.363 e. The van der Waals surface area contributed by atoms with E-state index in [2.05, 4.69) is 11.1 Å². The Balaban J connectivity index is 2.26. The Labute approximate surface area is 84.3 Å². The summed E-state index contributed by atoms with van der Waals surface area (Å²) in [5.41, 5.74) is 1.00. The number of pyridine rings is 1. The Morgan fingerprint density at radius 3 is 3.00 bits per heavy atom. The van der Waals surface area contributed by atoms with Crippen molar-refractivity contribution in [2.24, 2.45) is 0 Å². The van der Waals surface area contributed by atoms with Crippen molar-refractivity contribution < 1.29 is 4.74 Å². The Morgan fingerprint density at radius 2 is 2.43 bits per heavy atom. The van der Waals surface area contributed by atoms with Crippen molar-refractivity contribution in [3.05, 3.63) is 30.1 Å². The molecule has 1 atom stereocenters. The standard InChI is InChI=1S/C11H14N2O/c1-2-11(9-12)14-8-6-10-5-3-4-7-13-10/h3-5,7,11H,2,6,8H2,1H3. The SMILES string of the molecule is CCC(C#N)OCCc1ccccn1. The second-order valence-corrected chi connectivity index (χ2v) is 2.97. The zero-order valence-corrected chi connectivity index (χ0v) is 8.31. The molecule has 0 aromatic carbocycles. The topological polar surface area (TPSA) is 45.9 Å². The lowest BCUT2D eigenvalue weighted by atomic mass is 10.3. The van der Waals surface area contributed by atoms with E-state index in [1.807, 2.05) is 25.1 Å². The summed E-state index contributed by atoms with van der Waals surface area (Å²) in [6, 6.07) is 7.88. The van der Waals surface area contributed by atoms with Crippen LogP contribution in [0, 0.1) is 11.3 Å². The van der Waals surface area contributed by atoms with Crippen LogP contribution in [0.15, 0.2) is 24.4 Å². The molecule has 0 radical (unpaired) electrons. The lowest BCUT2D eigenvalue weighted by molar-refractivity contribution is 0.0897. The number of nitriles is 1. The highest BCUT2D eigenvalue weighted by atomic mass is 16.5. The van der Waals surface area contributed by atoms with Crippen molar-refractivity contribution >= 4 is 0 Å². The first-order valence-electron chi connectivity index (χ1n) is 4.78. The van der Waals surface area contributed by atoms with Gasteiger partial charge in [-0.1, -0.05) is 13.0 Å². The molecule has 0 spiro atoms. The molecule has 1 aromatic rings. The van der Waals surface area contributed by atoms with Gasteiger partial charge in [-0.3, -0.25) is 4.98 Å². The molecule has 0 aliphatic carbocycles. The summed E-state index contributed by atoms with van der Waals surface area (Å²) in [7, 11) is 0. The van der Waals surface area contributed by atoms with Gasteiger partial charge in [0.2, 0.25) is 0 Å². The van der Waals surface area contributed by atoms with E-state index >= 15 is 0 Å². The third-order valence-corrected chi connectivity index (χ3v) is 1.92. The maximum atomic E-state index is 8.63. The molecule has 0 amide bonds. The summed E-state index contributed by atoms with van der Waals surface area (Å²) in [6.45, 7) is 2.50. The normalized spacial score (nSPS) is 12.0. The average Bonchev–Trinajstić information content (AvgIpc) is 2.26. The molecule has 0 fully saturated rings. The Morgan fingerprint density at radius 1 is 1.57 bits per heavy atom. The lowest BCUT2D eigenvalue weighted by Crippen LogP contribution is -2.11. The molecule has 0 aliphatic rings. The van der Waals surface area contributed by atoms with E-state index in [0.717, 1.165) is 18.5 Å². The second-order valence-electron chi connectivity index (χ2n) is 2.97. The summed E-state index contributed by atoms with van der Waals surface area (Å²) >= 11 is 0. The smallest absolute Gasteiger partial charge is 0.143 e. The number of ether oxygens (including phenoxy) is 1. The minimum Gasteiger partial charge on any atom is -0.363 e. The highest BCUT2D eigenvalue weighted by molar-refractivity contribution is 5.03. The van der Waals surface area contributed by atoms with E-state index in [9.17, 15) is 0 Å². The Kier molecular flexibility index (Phi) is 4.66. The predicted molar refractivity (Wildman–Crippen MR) is 53.6 cm³/mol. The van der Waals surface area contributed by atoms with Crippen molar-refractivity contribution in [3.8, 4) is 6.07 Å². The minimum absolute atomic E-state index is 0.279. The first kappa shape index (κ1) is 10.7. The van der Waals surface area contributed by atoms with Crippen LogP contribution < -0.4 is 0 Å². The van der Waals surface area contributed by atoms with Crippen LogP contribution in [0.3, 0.4) is 0 Å². The van der Waals surface area contributed by atoms with Gasteiger partial charge in [-0.2, -0.15) is 5.26 Å². The van der Waals surface area contributed by atoms with Crippen LogP contribution in [-0.2, 0) is 11.2 Å². The zero-order valence-electron chi connectivity index (χ0n) is 8.31. The van der Waals surface area contributed by atoms with Gasteiger partial charge in [-0.15, -0.1) is 0 Å². The number of nitrogens with zero attached hydrogens (tertiary/aromatic N) is 2. The van der Waals surface area contributed by atoms with E-state index in [-0.39, 0.29) is 6.10 Å². The summed E-state index contributed by atoms with van der Waals surface area (Å²) in [5, 5.41) is 8.63. The third-order valence-electron chi connectivity index (χ3n) is 1.92. The van der Waals surface area contributed by atoms with Crippen molar-refractivity contribution in [2.75, 3.05) is 6.61 Å². The summed E-state index contributed by atoms with van der Waals surface area (Å²) in [4.78, 5) is 4.16. The number of hydrogen-bond donors (Lipinski definition) is 0. The molecule has 14 heavy (non-hydrogen) atoms. The van der Waals surface area contributed by atoms with Crippen molar-refractivity contribution in [2.45, 2.75) is 25.9 Å². The van der Waals surface area contributed by atoms with Gasteiger partial charge in [-0.25, -0.2) is 0 Å². The van der Waals surface area contributed by atoms with Crippen LogP contribution in [0.4, 0.5) is 0 Å². The zero-order chi connectivity index (χ0) is 10.2. The molecule has 3 nitrogen and oxygen atoms in total. The summed E-state index contributed by atoms with van der Waals surface area (Å²) < 4.78 is 5.34. The molecule has 1 unspecified atom stereocenters. The van der Waals surface area contributed by atoms with Gasteiger partial charge < -0.3 is 4.74 Å². The third kappa shape index (κ3) is 3.55. The van der Waals surface area contributed by atoms with Crippen LogP contribution in [-0.4, -0.2) is 17.7 Å². The molecule has 0 saturated carbocycles. The molecule has 0 bridgehead atoms. The Hall–Kier alpha value is -1.40. The molecule has 1 aromatic heterocycles. The van der Waals surface area contributed by atoms with Crippen LogP contribution in [0.1, 0.15) is 19.0 Å². The van der Waals surface area contributed by atoms with E-state index in [4.69, 9.17) is 10.00 Å². The van der Waals surface area contributed by atoms with E-state index < -0.39 is 0 Å². The van der Waals surface area contributed by atoms with Gasteiger partial charge in [0.15, 0.2) is 0 Å². The molecule has 0 N–H and O–H groups in total. The molecule has 3 heteroatoms. The molecule has 0 saturated heterocycles. The quantitative estimate of drug-likeness (QED) is 0.712. The van der Waals surface area contributed by atoms with Crippen molar-refractivity contribution in [3.63, 3.8) is 0 Å². The first-order valence-corrected chi connectivity index (χ1v) is 4.78. The predicted octanol–water partition coefficient (Wildman–Crippen LogP) is 1.94. The molecule has 0 aliphatic heterocycles. The summed E-state index contributed by atoms with van der Waals surface area (Å²) in [5.74, 6) is 0. The fourth-order valence-electron chi connectivity index (χ4n) is 1.10. The van der Waals surface area contributed by atoms with E-state index in [1.54, 1.807) is 6.20 Å². The molecular formula is C11H14N2O. The van der Waals surface area contributed by atoms with Gasteiger partial charge in [-0.05, 0) is 18.6 Å². The van der Waals surface area contributed by atoms with Crippen LogP contribution in [0.5, 0.6) is 0 Å². The highest BCUT2D eigenvalue weighted by Crippen LogP contribution is 1.99. The fraction of sp³-hybridized carbons (Fsp3) is 0.455. The maximum Gasteiger partial charge on any atom is 0.143 e. The first-order chi connectivity index (χ1) is 6.86. The maximum absolute atomic E-state index is 8.63. The average molecular weight is 190 g/mol. The molecule has 1 heterocycles. The number of rotatable bonds is 5. The minimum atomic E-state index is -0.279. The molecule has 1 rings (SSSR count). The van der Waals surface area contributed by atoms with Gasteiger partial charge >= 0.3 is 0 Å². The Bertz CT molecular complexity index is 292. The van der Waals surface area contributed by atoms with Gasteiger partial charge in [0.25, 0.3) is 0 Å². The van der Waals surface area contributed by atoms with Gasteiger partial charge in [0, 0.05) is 18.3 Å². The van der Waals surface area contributed by atoms with Gasteiger partial charge in [0.1, 0.15) is 6.10 Å². The van der Waals surface area contributed by atoms with Crippen molar-refractivity contribution in [1.82, 2.24) is 4.98 Å². The fourth-order valence-corrected chi connectivity index (χ4v) is 1.10. The van der Waals surface area contributed by atoms with Crippen molar-refractivity contribution in [1.29, 1.82) is 5.26 Å².